The summed E-state index contributed by atoms with van der Waals surface area (Å²) in [5, 5.41) is 0. The number of benzene rings is 1. The molecule has 0 saturated carbocycles. The fourth-order valence-electron chi connectivity index (χ4n) is 1.14. The van der Waals surface area contributed by atoms with Crippen molar-refractivity contribution < 1.29 is 14.3 Å². The number of hydrogen-bond donors (Lipinski definition) is 0. The van der Waals surface area contributed by atoms with E-state index in [1.807, 2.05) is 6.26 Å². The molecular formula is C10H12O3S. The number of hydrogen-bond acceptors (Lipinski definition) is 4. The largest absolute Gasteiger partial charge is 0.493 e. The first kappa shape index (κ1) is 10.9. The number of carbonyl (C=O) groups is 1. The minimum absolute atomic E-state index is 0.576. The lowest BCUT2D eigenvalue weighted by molar-refractivity contribution is 0.112. The molecule has 0 heterocycles. The smallest absolute Gasteiger partial charge is 0.161 e. The summed E-state index contributed by atoms with van der Waals surface area (Å²) in [5.74, 6) is 1.22. The number of thioether (sulfide) groups is 1. The summed E-state index contributed by atoms with van der Waals surface area (Å²) in [6.07, 6.45) is 2.72. The van der Waals surface area contributed by atoms with Gasteiger partial charge in [-0.1, -0.05) is 0 Å². The topological polar surface area (TPSA) is 35.5 Å². The standard InChI is InChI=1S/C10H12O3S/c1-12-8-4-7(6-11)10(14-3)5-9(8)13-2/h4-6H,1-3H3. The Kier molecular flexibility index (Phi) is 3.83. The average molecular weight is 212 g/mol. The molecule has 0 spiro atoms. The number of rotatable bonds is 4. The lowest BCUT2D eigenvalue weighted by Gasteiger charge is -2.10. The van der Waals surface area contributed by atoms with E-state index in [1.54, 1.807) is 26.4 Å². The van der Waals surface area contributed by atoms with Crippen molar-refractivity contribution in [2.45, 2.75) is 4.90 Å². The summed E-state index contributed by atoms with van der Waals surface area (Å²) >= 11 is 1.50. The molecule has 1 rings (SSSR count). The molecule has 1 aromatic rings. The van der Waals surface area contributed by atoms with Gasteiger partial charge in [-0.25, -0.2) is 0 Å². The highest BCUT2D eigenvalue weighted by atomic mass is 32.2. The van der Waals surface area contributed by atoms with E-state index in [9.17, 15) is 4.79 Å². The molecule has 0 amide bonds. The molecule has 0 unspecified atom stereocenters. The highest BCUT2D eigenvalue weighted by molar-refractivity contribution is 7.98. The van der Waals surface area contributed by atoms with Gasteiger partial charge in [-0.3, -0.25) is 4.79 Å². The maximum atomic E-state index is 10.7. The van der Waals surface area contributed by atoms with Crippen molar-refractivity contribution in [3.63, 3.8) is 0 Å². The molecule has 0 saturated heterocycles. The number of ether oxygens (including phenoxy) is 2. The highest BCUT2D eigenvalue weighted by Crippen LogP contribution is 2.33. The molecule has 14 heavy (non-hydrogen) atoms. The van der Waals surface area contributed by atoms with Crippen molar-refractivity contribution in [3.05, 3.63) is 17.7 Å². The molecule has 0 aliphatic rings. The fourth-order valence-corrected chi connectivity index (χ4v) is 1.71. The third-order valence-corrected chi connectivity index (χ3v) is 2.66. The van der Waals surface area contributed by atoms with Gasteiger partial charge in [0.15, 0.2) is 17.8 Å². The van der Waals surface area contributed by atoms with E-state index < -0.39 is 0 Å². The zero-order valence-corrected chi connectivity index (χ0v) is 9.18. The molecular weight excluding hydrogens is 200 g/mol. The molecule has 76 valence electrons. The van der Waals surface area contributed by atoms with Gasteiger partial charge in [-0.15, -0.1) is 11.8 Å². The average Bonchev–Trinajstić information content (AvgIpc) is 2.26. The molecule has 0 bridgehead atoms. The summed E-state index contributed by atoms with van der Waals surface area (Å²) in [7, 11) is 3.12. The Hall–Kier alpha value is -1.16. The first-order valence-corrected chi connectivity index (χ1v) is 5.24. The molecule has 0 aliphatic heterocycles. The molecule has 0 aliphatic carbocycles. The van der Waals surface area contributed by atoms with Crippen LogP contribution in [0.3, 0.4) is 0 Å². The summed E-state index contributed by atoms with van der Waals surface area (Å²) in [6, 6.07) is 3.48. The number of carbonyl (C=O) groups excluding carboxylic acids is 1. The number of methoxy groups -OCH3 is 2. The van der Waals surface area contributed by atoms with E-state index in [1.165, 1.54) is 11.8 Å². The van der Waals surface area contributed by atoms with Gasteiger partial charge in [-0.05, 0) is 18.4 Å². The second kappa shape index (κ2) is 4.91. The van der Waals surface area contributed by atoms with Crippen LogP contribution in [-0.2, 0) is 0 Å². The van der Waals surface area contributed by atoms with Gasteiger partial charge in [0.25, 0.3) is 0 Å². The van der Waals surface area contributed by atoms with Gasteiger partial charge in [0.2, 0.25) is 0 Å². The van der Waals surface area contributed by atoms with Gasteiger partial charge < -0.3 is 9.47 Å². The molecule has 0 N–H and O–H groups in total. The van der Waals surface area contributed by atoms with Crippen LogP contribution in [0.5, 0.6) is 11.5 Å². The van der Waals surface area contributed by atoms with Crippen molar-refractivity contribution in [2.75, 3.05) is 20.5 Å². The van der Waals surface area contributed by atoms with Crippen LogP contribution in [0.1, 0.15) is 10.4 Å². The van der Waals surface area contributed by atoms with Crippen molar-refractivity contribution in [3.8, 4) is 11.5 Å². The third-order valence-electron chi connectivity index (χ3n) is 1.86. The van der Waals surface area contributed by atoms with Gasteiger partial charge in [0.1, 0.15) is 0 Å². The monoisotopic (exact) mass is 212 g/mol. The second-order valence-electron chi connectivity index (χ2n) is 2.57. The van der Waals surface area contributed by atoms with Crippen molar-refractivity contribution in [1.29, 1.82) is 0 Å². The minimum atomic E-state index is 0.576. The molecule has 4 heteroatoms. The lowest BCUT2D eigenvalue weighted by Crippen LogP contribution is -1.94. The summed E-state index contributed by atoms with van der Waals surface area (Å²) in [4.78, 5) is 11.6. The van der Waals surface area contributed by atoms with Crippen LogP contribution in [0.4, 0.5) is 0 Å². The maximum Gasteiger partial charge on any atom is 0.161 e. The van der Waals surface area contributed by atoms with Crippen LogP contribution in [-0.4, -0.2) is 26.8 Å². The predicted molar refractivity (Wildman–Crippen MR) is 56.7 cm³/mol. The van der Waals surface area contributed by atoms with E-state index in [4.69, 9.17) is 9.47 Å². The van der Waals surface area contributed by atoms with Gasteiger partial charge in [0, 0.05) is 10.5 Å². The summed E-state index contributed by atoms with van der Waals surface area (Å²) < 4.78 is 10.2. The van der Waals surface area contributed by atoms with Gasteiger partial charge in [0.05, 0.1) is 14.2 Å². The predicted octanol–water partition coefficient (Wildman–Crippen LogP) is 2.24. The van der Waals surface area contributed by atoms with Crippen LogP contribution >= 0.6 is 11.8 Å². The molecule has 0 fully saturated rings. The molecule has 0 aromatic heterocycles. The van der Waals surface area contributed by atoms with Crippen molar-refractivity contribution in [2.24, 2.45) is 0 Å². The quantitative estimate of drug-likeness (QED) is 0.566. The van der Waals surface area contributed by atoms with Crippen molar-refractivity contribution in [1.82, 2.24) is 0 Å². The maximum absolute atomic E-state index is 10.7. The van der Waals surface area contributed by atoms with Crippen LogP contribution in [0.2, 0.25) is 0 Å². The Labute approximate surface area is 87.4 Å². The lowest BCUT2D eigenvalue weighted by atomic mass is 10.2. The van der Waals surface area contributed by atoms with E-state index in [-0.39, 0.29) is 0 Å². The first-order chi connectivity index (χ1) is 6.76. The molecule has 0 radical (unpaired) electrons. The SMILES string of the molecule is COc1cc(C=O)c(SC)cc1OC. The normalized spacial score (nSPS) is 9.64. The van der Waals surface area contributed by atoms with Crippen LogP contribution in [0.25, 0.3) is 0 Å². The van der Waals surface area contributed by atoms with Crippen LogP contribution in [0, 0.1) is 0 Å². The zero-order chi connectivity index (χ0) is 10.6. The Morgan fingerprint density at radius 2 is 1.79 bits per heavy atom. The van der Waals surface area contributed by atoms with Crippen LogP contribution < -0.4 is 9.47 Å². The third kappa shape index (κ3) is 2.01. The van der Waals surface area contributed by atoms with Gasteiger partial charge in [-0.2, -0.15) is 0 Å². The Morgan fingerprint density at radius 3 is 2.21 bits per heavy atom. The Morgan fingerprint density at radius 1 is 1.21 bits per heavy atom. The Balaban J connectivity index is 3.27. The highest BCUT2D eigenvalue weighted by Gasteiger charge is 2.09. The molecule has 0 atom stereocenters. The fraction of sp³-hybridized carbons (Fsp3) is 0.300. The summed E-state index contributed by atoms with van der Waals surface area (Å²) in [6.45, 7) is 0. The van der Waals surface area contributed by atoms with Crippen LogP contribution in [0.15, 0.2) is 17.0 Å². The van der Waals surface area contributed by atoms with Gasteiger partial charge >= 0.3 is 0 Å². The van der Waals surface area contributed by atoms with E-state index >= 15 is 0 Å². The summed E-state index contributed by atoms with van der Waals surface area (Å²) in [5.41, 5.74) is 0.621. The van der Waals surface area contributed by atoms with Crippen molar-refractivity contribution >= 4 is 18.0 Å². The van der Waals surface area contributed by atoms with E-state index in [0.717, 1.165) is 11.2 Å². The van der Waals surface area contributed by atoms with E-state index in [2.05, 4.69) is 0 Å². The minimum Gasteiger partial charge on any atom is -0.493 e. The second-order valence-corrected chi connectivity index (χ2v) is 3.42. The van der Waals surface area contributed by atoms with E-state index in [0.29, 0.717) is 17.1 Å². The zero-order valence-electron chi connectivity index (χ0n) is 8.37. The first-order valence-electron chi connectivity index (χ1n) is 4.02. The number of aldehydes is 1. The molecule has 1 aromatic carbocycles. The Bertz CT molecular complexity index is 336. The molecule has 3 nitrogen and oxygen atoms in total.